The number of benzene rings is 2. The molecule has 0 N–H and O–H groups in total. The van der Waals surface area contributed by atoms with Crippen LogP contribution in [-0.4, -0.2) is 14.2 Å². The Kier molecular flexibility index (Phi) is 7.97. The fraction of sp³-hybridized carbons (Fsp3) is 0.150. The summed E-state index contributed by atoms with van der Waals surface area (Å²) < 4.78 is 51.7. The highest BCUT2D eigenvalue weighted by atomic mass is 79.9. The van der Waals surface area contributed by atoms with Gasteiger partial charge in [0.25, 0.3) is 0 Å². The van der Waals surface area contributed by atoms with E-state index in [1.807, 2.05) is 61.5 Å². The molecule has 0 amide bonds. The third-order valence-electron chi connectivity index (χ3n) is 3.75. The zero-order valence-electron chi connectivity index (χ0n) is 15.8. The fourth-order valence-corrected chi connectivity index (χ4v) is 2.84. The van der Waals surface area contributed by atoms with E-state index in [0.29, 0.717) is 11.5 Å². The quantitative estimate of drug-likeness (QED) is 0.509. The van der Waals surface area contributed by atoms with E-state index in [1.54, 1.807) is 14.2 Å². The Balaban J connectivity index is 0.000000537. The van der Waals surface area contributed by atoms with Crippen molar-refractivity contribution in [3.05, 3.63) is 64.0 Å². The topological polar surface area (TPSA) is 122 Å². The van der Waals surface area contributed by atoms with Gasteiger partial charge >= 0.3 is 11.5 Å². The predicted molar refractivity (Wildman–Crippen MR) is 102 cm³/mol. The van der Waals surface area contributed by atoms with Gasteiger partial charge in [0.1, 0.15) is 0 Å². The van der Waals surface area contributed by atoms with Crippen molar-refractivity contribution < 1.29 is 42.8 Å². The maximum absolute atomic E-state index is 8.49. The first-order valence-corrected chi connectivity index (χ1v) is 10.2. The smallest absolute Gasteiger partial charge is 0.360 e. The summed E-state index contributed by atoms with van der Waals surface area (Å²) in [6.45, 7) is 1.94. The van der Waals surface area contributed by atoms with Gasteiger partial charge < -0.3 is 9.47 Å². The molecule has 0 spiro atoms. The number of hydrogen-bond acceptors (Lipinski definition) is 6. The predicted octanol–water partition coefficient (Wildman–Crippen LogP) is 1.22. The molecule has 0 radical (unpaired) electrons. The molecule has 1 heterocycles. The molecule has 0 saturated carbocycles. The molecule has 29 heavy (non-hydrogen) atoms. The van der Waals surface area contributed by atoms with Crippen molar-refractivity contribution in [1.29, 1.82) is 0 Å². The number of methoxy groups -OCH3 is 2. The first-order valence-electron chi connectivity index (χ1n) is 8.15. The van der Waals surface area contributed by atoms with E-state index in [0.717, 1.165) is 32.3 Å². The van der Waals surface area contributed by atoms with Crippen LogP contribution in [0.1, 0.15) is 17.1 Å². The van der Waals surface area contributed by atoms with Crippen LogP contribution in [0.25, 0.3) is 22.9 Å². The molecule has 1 aromatic heterocycles. The molecular weight excluding hydrogens is 468 g/mol. The number of aryl methyl sites for hydroxylation is 1. The standard InChI is InChI=1S/C20H18BrO3.ClHO4/c1-13-10-15-11-19(22-2)20(23-3)12-17(15)18(24-13)9-6-14-4-7-16(21)8-5-14;2-1(3,4)5/h4-12H,1-3H3;(H,2,3,4,5)/q+1;/p-1/b9-6+;. The van der Waals surface area contributed by atoms with Gasteiger partial charge in [-0.05, 0) is 29.8 Å². The van der Waals surface area contributed by atoms with Gasteiger partial charge in [0.2, 0.25) is 0 Å². The highest BCUT2D eigenvalue weighted by molar-refractivity contribution is 9.10. The lowest BCUT2D eigenvalue weighted by atomic mass is 10.1. The van der Waals surface area contributed by atoms with Crippen LogP contribution < -0.4 is 28.1 Å². The van der Waals surface area contributed by atoms with Gasteiger partial charge in [-0.3, -0.25) is 0 Å². The van der Waals surface area contributed by atoms with Crippen molar-refractivity contribution >= 4 is 38.9 Å². The molecule has 0 fully saturated rings. The molecule has 0 aliphatic carbocycles. The van der Waals surface area contributed by atoms with Crippen molar-refractivity contribution in [2.75, 3.05) is 14.2 Å². The average Bonchev–Trinajstić information content (AvgIpc) is 2.64. The van der Waals surface area contributed by atoms with Gasteiger partial charge in [-0.15, -0.1) is 10.2 Å². The van der Waals surface area contributed by atoms with E-state index < -0.39 is 10.2 Å². The van der Waals surface area contributed by atoms with Gasteiger partial charge in [0.05, 0.1) is 26.5 Å². The van der Waals surface area contributed by atoms with Gasteiger partial charge in [0.15, 0.2) is 11.5 Å². The number of fused-ring (bicyclic) bond motifs is 1. The fourth-order valence-electron chi connectivity index (χ4n) is 2.57. The summed E-state index contributed by atoms with van der Waals surface area (Å²) in [5, 5.41) is 2.03. The molecule has 7 nitrogen and oxygen atoms in total. The summed E-state index contributed by atoms with van der Waals surface area (Å²) in [7, 11) is -1.68. The number of rotatable bonds is 4. The second-order valence-corrected chi connectivity index (χ2v) is 7.45. The van der Waals surface area contributed by atoms with E-state index in [-0.39, 0.29) is 0 Å². The second kappa shape index (κ2) is 10.0. The van der Waals surface area contributed by atoms with Crippen LogP contribution in [0.5, 0.6) is 11.5 Å². The SMILES string of the molecule is COc1cc2cc(C)[o+]c(/C=C/c3ccc(Br)cc3)c2cc1OC.[O-][Cl+3]([O-])([O-])[O-]. The number of ether oxygens (including phenoxy) is 2. The Bertz CT molecular complexity index is 992. The van der Waals surface area contributed by atoms with E-state index >= 15 is 0 Å². The van der Waals surface area contributed by atoms with Gasteiger partial charge in [-0.2, -0.15) is 0 Å². The zero-order chi connectivity index (χ0) is 21.6. The van der Waals surface area contributed by atoms with Gasteiger partial charge in [-0.1, -0.05) is 28.1 Å². The van der Waals surface area contributed by atoms with Crippen molar-refractivity contribution in [3.8, 4) is 11.5 Å². The maximum Gasteiger partial charge on any atom is 0.360 e. The number of hydrogen-bond donors (Lipinski definition) is 0. The molecule has 3 rings (SSSR count). The molecule has 2 aromatic carbocycles. The maximum atomic E-state index is 8.49. The van der Waals surface area contributed by atoms with Crippen molar-refractivity contribution in [2.24, 2.45) is 0 Å². The summed E-state index contributed by atoms with van der Waals surface area (Å²) >= 11 is 3.44. The van der Waals surface area contributed by atoms with Crippen LogP contribution in [0, 0.1) is 17.2 Å². The minimum Gasteiger partial charge on any atom is -0.493 e. The van der Waals surface area contributed by atoms with Crippen LogP contribution in [0.15, 0.2) is 51.4 Å². The van der Waals surface area contributed by atoms with Crippen molar-refractivity contribution in [2.45, 2.75) is 6.92 Å². The van der Waals surface area contributed by atoms with Crippen LogP contribution in [-0.2, 0) is 0 Å². The van der Waals surface area contributed by atoms with E-state index in [1.165, 1.54) is 0 Å². The minimum absolute atomic E-state index is 0.683. The Morgan fingerprint density at radius 3 is 2.00 bits per heavy atom. The number of halogens is 2. The van der Waals surface area contributed by atoms with Crippen LogP contribution in [0.2, 0.25) is 0 Å². The molecule has 0 aliphatic rings. The van der Waals surface area contributed by atoms with E-state index in [2.05, 4.69) is 15.9 Å². The molecular formula is C20H18BrClO7. The molecule has 0 aliphatic heterocycles. The summed E-state index contributed by atoms with van der Waals surface area (Å²) in [6, 6.07) is 14.0. The first kappa shape index (κ1) is 23.1. The van der Waals surface area contributed by atoms with Gasteiger partial charge in [0, 0.05) is 28.1 Å². The van der Waals surface area contributed by atoms with Crippen molar-refractivity contribution in [1.82, 2.24) is 0 Å². The molecule has 0 unspecified atom stereocenters. The molecule has 0 atom stereocenters. The highest BCUT2D eigenvalue weighted by Crippen LogP contribution is 2.34. The summed E-state index contributed by atoms with van der Waals surface area (Å²) in [5.74, 6) is 3.01. The Morgan fingerprint density at radius 1 is 0.897 bits per heavy atom. The summed E-state index contributed by atoms with van der Waals surface area (Å²) in [4.78, 5) is 0. The molecule has 3 aromatic rings. The van der Waals surface area contributed by atoms with Crippen LogP contribution >= 0.6 is 15.9 Å². The minimum atomic E-state index is -4.94. The average molecular weight is 486 g/mol. The molecule has 0 saturated heterocycles. The Hall–Kier alpha value is -2.20. The first-order chi connectivity index (χ1) is 13.6. The monoisotopic (exact) mass is 484 g/mol. The third kappa shape index (κ3) is 7.28. The summed E-state index contributed by atoms with van der Waals surface area (Å²) in [5.41, 5.74) is 1.10. The van der Waals surface area contributed by atoms with Crippen molar-refractivity contribution in [3.63, 3.8) is 0 Å². The van der Waals surface area contributed by atoms with E-state index in [4.69, 9.17) is 32.5 Å². The largest absolute Gasteiger partial charge is 0.493 e. The summed E-state index contributed by atoms with van der Waals surface area (Å²) in [6.07, 6.45) is 4.01. The third-order valence-corrected chi connectivity index (χ3v) is 4.28. The zero-order valence-corrected chi connectivity index (χ0v) is 18.2. The Morgan fingerprint density at radius 2 is 1.45 bits per heavy atom. The lowest BCUT2D eigenvalue weighted by Gasteiger charge is -2.17. The highest BCUT2D eigenvalue weighted by Gasteiger charge is 2.17. The lowest BCUT2D eigenvalue weighted by molar-refractivity contribution is -2.00. The molecule has 9 heteroatoms. The normalized spacial score (nSPS) is 11.3. The van der Waals surface area contributed by atoms with Crippen LogP contribution in [0.4, 0.5) is 0 Å². The molecule has 154 valence electrons. The Labute approximate surface area is 178 Å². The molecule has 0 bridgehead atoms. The van der Waals surface area contributed by atoms with E-state index in [9.17, 15) is 0 Å². The lowest BCUT2D eigenvalue weighted by Crippen LogP contribution is -2.68. The van der Waals surface area contributed by atoms with Gasteiger partial charge in [-0.25, -0.2) is 23.1 Å². The second-order valence-electron chi connectivity index (χ2n) is 5.78. The van der Waals surface area contributed by atoms with Crippen LogP contribution in [0.3, 0.4) is 0 Å².